The van der Waals surface area contributed by atoms with E-state index in [9.17, 15) is 4.79 Å². The van der Waals surface area contributed by atoms with E-state index in [-0.39, 0.29) is 12.7 Å². The smallest absolute Gasteiger partial charge is 0.262 e. The lowest BCUT2D eigenvalue weighted by Gasteiger charge is -2.11. The molecule has 6 nitrogen and oxygen atoms in total. The van der Waals surface area contributed by atoms with Crippen LogP contribution in [0.1, 0.15) is 30.9 Å². The highest BCUT2D eigenvalue weighted by Gasteiger charge is 2.12. The van der Waals surface area contributed by atoms with E-state index >= 15 is 0 Å². The van der Waals surface area contributed by atoms with Crippen molar-refractivity contribution in [1.29, 1.82) is 0 Å². The molecule has 1 amide bonds. The van der Waals surface area contributed by atoms with Crippen molar-refractivity contribution < 1.29 is 14.3 Å². The lowest BCUT2D eigenvalue weighted by Crippen LogP contribution is -2.43. The Morgan fingerprint density at radius 1 is 1.07 bits per heavy atom. The number of benzene rings is 2. The molecule has 140 valence electrons. The summed E-state index contributed by atoms with van der Waals surface area (Å²) in [5.41, 5.74) is 8.12. The van der Waals surface area contributed by atoms with Gasteiger partial charge >= 0.3 is 0 Å². The third-order valence-corrected chi connectivity index (χ3v) is 4.16. The molecule has 7 heteroatoms. The molecular formula is C20H21N3O3S. The SMILES string of the molecule is CC(C)c1ccc(NC(=S)NNC(=O)/C=C/c2ccc3c(c2)OCO3)cc1. The van der Waals surface area contributed by atoms with Gasteiger partial charge in [0, 0.05) is 11.8 Å². The first kappa shape index (κ1) is 18.7. The standard InChI is InChI=1S/C20H21N3O3S/c1-13(2)15-5-7-16(8-6-15)21-20(27)23-22-19(24)10-4-14-3-9-17-18(11-14)26-12-25-17/h3-11,13H,12H2,1-2H3,(H,22,24)(H2,21,23,27)/b10-4+. The summed E-state index contributed by atoms with van der Waals surface area (Å²) in [5, 5.41) is 3.32. The number of carbonyl (C=O) groups excluding carboxylic acids is 1. The Morgan fingerprint density at radius 3 is 2.56 bits per heavy atom. The summed E-state index contributed by atoms with van der Waals surface area (Å²) < 4.78 is 10.6. The van der Waals surface area contributed by atoms with Crippen LogP contribution in [0.3, 0.4) is 0 Å². The van der Waals surface area contributed by atoms with Gasteiger partial charge in [-0.1, -0.05) is 32.0 Å². The van der Waals surface area contributed by atoms with E-state index in [1.54, 1.807) is 6.08 Å². The second-order valence-corrected chi connectivity index (χ2v) is 6.70. The van der Waals surface area contributed by atoms with Gasteiger partial charge in [0.25, 0.3) is 5.91 Å². The highest BCUT2D eigenvalue weighted by molar-refractivity contribution is 7.80. The van der Waals surface area contributed by atoms with Gasteiger partial charge in [0.15, 0.2) is 16.6 Å². The van der Waals surface area contributed by atoms with Gasteiger partial charge in [-0.05, 0) is 59.6 Å². The topological polar surface area (TPSA) is 71.6 Å². The van der Waals surface area contributed by atoms with Crippen LogP contribution < -0.4 is 25.6 Å². The fourth-order valence-corrected chi connectivity index (χ4v) is 2.63. The van der Waals surface area contributed by atoms with Crippen molar-refractivity contribution in [2.24, 2.45) is 0 Å². The van der Waals surface area contributed by atoms with Gasteiger partial charge in [-0.3, -0.25) is 15.6 Å². The van der Waals surface area contributed by atoms with Gasteiger partial charge in [-0.15, -0.1) is 0 Å². The third-order valence-electron chi connectivity index (χ3n) is 3.96. The summed E-state index contributed by atoms with van der Waals surface area (Å²) in [4.78, 5) is 11.9. The molecule has 0 aliphatic carbocycles. The minimum absolute atomic E-state index is 0.220. The molecule has 0 aromatic heterocycles. The Bertz CT molecular complexity index is 863. The van der Waals surface area contributed by atoms with Gasteiger partial charge in [-0.25, -0.2) is 0 Å². The van der Waals surface area contributed by atoms with Crippen LogP contribution >= 0.6 is 12.2 Å². The van der Waals surface area contributed by atoms with Crippen LogP contribution in [0.15, 0.2) is 48.5 Å². The molecule has 2 aromatic rings. The Labute approximate surface area is 163 Å². The quantitative estimate of drug-likeness (QED) is 0.426. The molecule has 2 aromatic carbocycles. The number of nitrogens with one attached hydrogen (secondary N) is 3. The summed E-state index contributed by atoms with van der Waals surface area (Å²) in [6, 6.07) is 13.5. The molecule has 0 bridgehead atoms. The maximum atomic E-state index is 11.9. The summed E-state index contributed by atoms with van der Waals surface area (Å²) in [6.45, 7) is 4.50. The van der Waals surface area contributed by atoms with E-state index < -0.39 is 0 Å². The molecule has 1 aliphatic heterocycles. The van der Waals surface area contributed by atoms with Crippen molar-refractivity contribution >= 4 is 35.0 Å². The van der Waals surface area contributed by atoms with Crippen molar-refractivity contribution in [3.63, 3.8) is 0 Å². The van der Waals surface area contributed by atoms with Crippen molar-refractivity contribution in [3.05, 3.63) is 59.7 Å². The van der Waals surface area contributed by atoms with Gasteiger partial charge in [-0.2, -0.15) is 0 Å². The molecule has 0 fully saturated rings. The number of hydrogen-bond acceptors (Lipinski definition) is 4. The summed E-state index contributed by atoms with van der Waals surface area (Å²) in [5.74, 6) is 1.52. The van der Waals surface area contributed by atoms with E-state index in [1.165, 1.54) is 11.6 Å². The molecule has 3 rings (SSSR count). The van der Waals surface area contributed by atoms with E-state index in [0.29, 0.717) is 22.5 Å². The minimum atomic E-state index is -0.327. The molecule has 0 unspecified atom stereocenters. The first-order valence-electron chi connectivity index (χ1n) is 8.56. The molecule has 0 saturated carbocycles. The molecule has 0 radical (unpaired) electrons. The average molecular weight is 383 g/mol. The molecule has 0 saturated heterocycles. The predicted octanol–water partition coefficient (Wildman–Crippen LogP) is 3.57. The molecule has 27 heavy (non-hydrogen) atoms. The predicted molar refractivity (Wildman–Crippen MR) is 110 cm³/mol. The fourth-order valence-electron chi connectivity index (χ4n) is 2.46. The average Bonchev–Trinajstić information content (AvgIpc) is 3.13. The molecular weight excluding hydrogens is 362 g/mol. The zero-order chi connectivity index (χ0) is 19.2. The highest BCUT2D eigenvalue weighted by atomic mass is 32.1. The van der Waals surface area contributed by atoms with E-state index in [2.05, 4.69) is 30.0 Å². The minimum Gasteiger partial charge on any atom is -0.454 e. The van der Waals surface area contributed by atoms with Gasteiger partial charge in [0.1, 0.15) is 0 Å². The summed E-state index contributed by atoms with van der Waals surface area (Å²) in [6.07, 6.45) is 3.09. The number of hydrazine groups is 1. The van der Waals surface area contributed by atoms with Crippen molar-refractivity contribution in [3.8, 4) is 11.5 Å². The maximum Gasteiger partial charge on any atom is 0.262 e. The Kier molecular flexibility index (Phi) is 5.93. The zero-order valence-corrected chi connectivity index (χ0v) is 15.9. The molecule has 0 spiro atoms. The summed E-state index contributed by atoms with van der Waals surface area (Å²) in [7, 11) is 0. The van der Waals surface area contributed by atoms with Gasteiger partial charge in [0.2, 0.25) is 6.79 Å². The van der Waals surface area contributed by atoms with Gasteiger partial charge in [0.05, 0.1) is 0 Å². The third kappa shape index (κ3) is 5.21. The zero-order valence-electron chi connectivity index (χ0n) is 15.1. The van der Waals surface area contributed by atoms with Crippen molar-refractivity contribution in [2.45, 2.75) is 19.8 Å². The largest absolute Gasteiger partial charge is 0.454 e. The number of carbonyl (C=O) groups is 1. The molecule has 1 heterocycles. The lowest BCUT2D eigenvalue weighted by molar-refractivity contribution is -0.116. The fraction of sp³-hybridized carbons (Fsp3) is 0.200. The van der Waals surface area contributed by atoms with Gasteiger partial charge < -0.3 is 14.8 Å². The Hall–Kier alpha value is -3.06. The second kappa shape index (κ2) is 8.55. The maximum absolute atomic E-state index is 11.9. The number of rotatable bonds is 4. The van der Waals surface area contributed by atoms with E-state index in [4.69, 9.17) is 21.7 Å². The normalized spacial score (nSPS) is 12.3. The second-order valence-electron chi connectivity index (χ2n) is 6.29. The van der Waals surface area contributed by atoms with Crippen molar-refractivity contribution in [2.75, 3.05) is 12.1 Å². The molecule has 3 N–H and O–H groups in total. The Balaban J connectivity index is 1.46. The number of fused-ring (bicyclic) bond motifs is 1. The Morgan fingerprint density at radius 2 is 1.81 bits per heavy atom. The van der Waals surface area contributed by atoms with Crippen LogP contribution in [-0.2, 0) is 4.79 Å². The van der Waals surface area contributed by atoms with Crippen LogP contribution in [0.25, 0.3) is 6.08 Å². The lowest BCUT2D eigenvalue weighted by atomic mass is 10.0. The van der Waals surface area contributed by atoms with Crippen molar-refractivity contribution in [1.82, 2.24) is 10.9 Å². The van der Waals surface area contributed by atoms with E-state index in [1.807, 2.05) is 42.5 Å². The number of thiocarbonyl (C=S) groups is 1. The van der Waals surface area contributed by atoms with Crippen LogP contribution in [0.5, 0.6) is 11.5 Å². The highest BCUT2D eigenvalue weighted by Crippen LogP contribution is 2.32. The number of amides is 1. The van der Waals surface area contributed by atoms with Crippen LogP contribution in [0, 0.1) is 0 Å². The van der Waals surface area contributed by atoms with Crippen LogP contribution in [-0.4, -0.2) is 17.8 Å². The van der Waals surface area contributed by atoms with Crippen LogP contribution in [0.4, 0.5) is 5.69 Å². The van der Waals surface area contributed by atoms with E-state index in [0.717, 1.165) is 11.3 Å². The number of anilines is 1. The monoisotopic (exact) mass is 383 g/mol. The first-order valence-corrected chi connectivity index (χ1v) is 8.97. The first-order chi connectivity index (χ1) is 13.0. The number of hydrogen-bond donors (Lipinski definition) is 3. The van der Waals surface area contributed by atoms with Crippen LogP contribution in [0.2, 0.25) is 0 Å². The number of ether oxygens (including phenoxy) is 2. The molecule has 1 aliphatic rings. The molecule has 0 atom stereocenters. The summed E-state index contributed by atoms with van der Waals surface area (Å²) >= 11 is 5.18.